The van der Waals surface area contributed by atoms with Crippen molar-refractivity contribution in [2.75, 3.05) is 11.9 Å². The topological polar surface area (TPSA) is 81.8 Å². The zero-order valence-electron chi connectivity index (χ0n) is 11.4. The Labute approximate surface area is 108 Å². The van der Waals surface area contributed by atoms with Crippen molar-refractivity contribution in [2.24, 2.45) is 0 Å². The molecule has 0 saturated heterocycles. The number of nitrogens with zero attached hydrogens (tertiary/aromatic N) is 3. The van der Waals surface area contributed by atoms with Gasteiger partial charge in [0.25, 0.3) is 0 Å². The van der Waals surface area contributed by atoms with Crippen LogP contribution in [0.4, 0.5) is 5.82 Å². The highest BCUT2D eigenvalue weighted by molar-refractivity contribution is 5.56. The summed E-state index contributed by atoms with van der Waals surface area (Å²) in [6, 6.07) is 2.17. The maximum absolute atomic E-state index is 9.22. The van der Waals surface area contributed by atoms with E-state index in [0.717, 1.165) is 17.7 Å². The summed E-state index contributed by atoms with van der Waals surface area (Å²) in [6.45, 7) is 7.82. The lowest BCUT2D eigenvalue weighted by molar-refractivity contribution is 0.251. The van der Waals surface area contributed by atoms with E-state index in [0.29, 0.717) is 17.8 Å². The van der Waals surface area contributed by atoms with Crippen LogP contribution in [0, 0.1) is 25.2 Å². The van der Waals surface area contributed by atoms with E-state index in [4.69, 9.17) is 5.11 Å². The lowest BCUT2D eigenvalue weighted by atomic mass is 9.94. The smallest absolute Gasteiger partial charge is 0.167 e. The minimum absolute atomic E-state index is 0.0947. The van der Waals surface area contributed by atoms with Crippen LogP contribution >= 0.6 is 0 Å². The largest absolute Gasteiger partial charge is 0.396 e. The third kappa shape index (κ3) is 2.96. The van der Waals surface area contributed by atoms with Crippen molar-refractivity contribution >= 4 is 5.82 Å². The van der Waals surface area contributed by atoms with Gasteiger partial charge in [-0.05, 0) is 39.2 Å². The molecule has 0 saturated carbocycles. The van der Waals surface area contributed by atoms with E-state index in [2.05, 4.69) is 21.6 Å². The number of rotatable bonds is 5. The molecule has 0 radical (unpaired) electrons. The van der Waals surface area contributed by atoms with Crippen LogP contribution in [0.1, 0.15) is 43.5 Å². The average molecular weight is 248 g/mol. The van der Waals surface area contributed by atoms with Gasteiger partial charge in [-0.1, -0.05) is 6.92 Å². The fraction of sp³-hybridized carbons (Fsp3) is 0.615. The number of aryl methyl sites for hydroxylation is 1. The van der Waals surface area contributed by atoms with E-state index in [-0.39, 0.29) is 12.1 Å². The molecular formula is C13H20N4O. The van der Waals surface area contributed by atoms with E-state index >= 15 is 0 Å². The summed E-state index contributed by atoms with van der Waals surface area (Å²) in [4.78, 5) is 0. The highest BCUT2D eigenvalue weighted by Crippen LogP contribution is 2.24. The molecule has 1 heterocycles. The second-order valence-corrected chi connectivity index (χ2v) is 4.76. The first-order chi connectivity index (χ1) is 8.47. The summed E-state index contributed by atoms with van der Waals surface area (Å²) in [5, 5.41) is 29.6. The second kappa shape index (κ2) is 5.78. The van der Waals surface area contributed by atoms with Gasteiger partial charge in [-0.3, -0.25) is 0 Å². The number of aromatic nitrogens is 2. The zero-order chi connectivity index (χ0) is 13.8. The Morgan fingerprint density at radius 2 is 2.06 bits per heavy atom. The Balaban J connectivity index is 3.12. The van der Waals surface area contributed by atoms with Gasteiger partial charge < -0.3 is 10.4 Å². The first kappa shape index (κ1) is 14.4. The van der Waals surface area contributed by atoms with Crippen molar-refractivity contribution in [1.82, 2.24) is 10.2 Å². The summed E-state index contributed by atoms with van der Waals surface area (Å²) in [5.41, 5.74) is 1.85. The quantitative estimate of drug-likeness (QED) is 0.832. The van der Waals surface area contributed by atoms with Crippen molar-refractivity contribution in [3.8, 4) is 6.07 Å². The summed E-state index contributed by atoms with van der Waals surface area (Å²) in [5.74, 6) is 0.499. The van der Waals surface area contributed by atoms with Crippen LogP contribution in [-0.2, 0) is 0 Å². The van der Waals surface area contributed by atoms with Crippen molar-refractivity contribution in [2.45, 2.75) is 46.1 Å². The molecule has 5 nitrogen and oxygen atoms in total. The number of nitriles is 1. The van der Waals surface area contributed by atoms with Gasteiger partial charge in [0.2, 0.25) is 0 Å². The van der Waals surface area contributed by atoms with Gasteiger partial charge in [-0.25, -0.2) is 0 Å². The third-order valence-electron chi connectivity index (χ3n) is 3.43. The van der Waals surface area contributed by atoms with Crippen LogP contribution in [-0.4, -0.2) is 27.4 Å². The molecule has 0 spiro atoms. The molecule has 0 fully saturated rings. The molecule has 1 atom stereocenters. The number of nitrogens with one attached hydrogen (secondary N) is 1. The fourth-order valence-corrected chi connectivity index (χ4v) is 1.69. The summed E-state index contributed by atoms with van der Waals surface area (Å²) >= 11 is 0. The number of hydrogen-bond acceptors (Lipinski definition) is 5. The van der Waals surface area contributed by atoms with E-state index in [9.17, 15) is 5.26 Å². The van der Waals surface area contributed by atoms with Crippen LogP contribution in [0.5, 0.6) is 0 Å². The molecule has 98 valence electrons. The monoisotopic (exact) mass is 248 g/mol. The number of anilines is 1. The minimum Gasteiger partial charge on any atom is -0.396 e. The molecule has 0 aliphatic rings. The van der Waals surface area contributed by atoms with E-state index in [1.165, 1.54) is 0 Å². The molecule has 0 amide bonds. The molecule has 0 aromatic carbocycles. The molecule has 1 rings (SSSR count). The van der Waals surface area contributed by atoms with Gasteiger partial charge in [0.15, 0.2) is 5.82 Å². The highest BCUT2D eigenvalue weighted by Gasteiger charge is 2.24. The van der Waals surface area contributed by atoms with Gasteiger partial charge in [0, 0.05) is 12.1 Å². The summed E-state index contributed by atoms with van der Waals surface area (Å²) in [7, 11) is 0. The highest BCUT2D eigenvalue weighted by atomic mass is 16.3. The van der Waals surface area contributed by atoms with Crippen LogP contribution in [0.2, 0.25) is 0 Å². The summed E-state index contributed by atoms with van der Waals surface area (Å²) in [6.07, 6.45) is 1.43. The number of aliphatic hydroxyl groups is 1. The van der Waals surface area contributed by atoms with Crippen molar-refractivity contribution in [1.29, 1.82) is 5.26 Å². The fourth-order valence-electron chi connectivity index (χ4n) is 1.69. The van der Waals surface area contributed by atoms with E-state index in [1.54, 1.807) is 0 Å². The summed E-state index contributed by atoms with van der Waals surface area (Å²) < 4.78 is 0. The molecule has 2 N–H and O–H groups in total. The zero-order valence-corrected chi connectivity index (χ0v) is 11.4. The van der Waals surface area contributed by atoms with Crippen molar-refractivity contribution in [3.05, 3.63) is 16.8 Å². The lowest BCUT2D eigenvalue weighted by Crippen LogP contribution is -2.36. The normalized spacial score (nSPS) is 13.8. The van der Waals surface area contributed by atoms with Crippen molar-refractivity contribution in [3.63, 3.8) is 0 Å². The van der Waals surface area contributed by atoms with Crippen molar-refractivity contribution < 1.29 is 5.11 Å². The van der Waals surface area contributed by atoms with Crippen LogP contribution in [0.15, 0.2) is 0 Å². The molecule has 1 aromatic heterocycles. The molecular weight excluding hydrogens is 228 g/mol. The Bertz CT molecular complexity index is 467. The van der Waals surface area contributed by atoms with E-state index in [1.807, 2.05) is 27.7 Å². The molecule has 1 unspecified atom stereocenters. The van der Waals surface area contributed by atoms with Gasteiger partial charge >= 0.3 is 0 Å². The van der Waals surface area contributed by atoms with Gasteiger partial charge in [-0.2, -0.15) is 10.4 Å². The van der Waals surface area contributed by atoms with Gasteiger partial charge in [0.1, 0.15) is 11.6 Å². The first-order valence-electron chi connectivity index (χ1n) is 6.10. The maximum Gasteiger partial charge on any atom is 0.167 e. The molecule has 5 heteroatoms. The Kier molecular flexibility index (Phi) is 4.62. The first-order valence-corrected chi connectivity index (χ1v) is 6.10. The molecule has 0 aliphatic carbocycles. The molecule has 0 aliphatic heterocycles. The molecule has 18 heavy (non-hydrogen) atoms. The SMILES string of the molecule is CCC(C)(CCO)Nc1nnc(C)c(C)c1C#N. The predicted molar refractivity (Wildman–Crippen MR) is 70.2 cm³/mol. The standard InChI is InChI=1S/C13H20N4O/c1-5-13(4,6-7-18)15-12-11(8-14)9(2)10(3)16-17-12/h18H,5-7H2,1-4H3,(H,15,17). The Hall–Kier alpha value is -1.67. The molecule has 1 aromatic rings. The second-order valence-electron chi connectivity index (χ2n) is 4.76. The Morgan fingerprint density at radius 1 is 1.39 bits per heavy atom. The Morgan fingerprint density at radius 3 is 2.56 bits per heavy atom. The maximum atomic E-state index is 9.22. The number of hydrogen-bond donors (Lipinski definition) is 2. The lowest BCUT2D eigenvalue weighted by Gasteiger charge is -2.30. The van der Waals surface area contributed by atoms with Gasteiger partial charge in [0.05, 0.1) is 5.69 Å². The molecule has 0 bridgehead atoms. The van der Waals surface area contributed by atoms with E-state index < -0.39 is 0 Å². The van der Waals surface area contributed by atoms with Gasteiger partial charge in [-0.15, -0.1) is 5.10 Å². The minimum atomic E-state index is -0.281. The predicted octanol–water partition coefficient (Wildman–Crippen LogP) is 1.93. The van der Waals surface area contributed by atoms with Crippen LogP contribution < -0.4 is 5.32 Å². The van der Waals surface area contributed by atoms with Crippen LogP contribution in [0.25, 0.3) is 0 Å². The van der Waals surface area contributed by atoms with Crippen LogP contribution in [0.3, 0.4) is 0 Å². The third-order valence-corrected chi connectivity index (χ3v) is 3.43. The number of aliphatic hydroxyl groups excluding tert-OH is 1. The average Bonchev–Trinajstić information content (AvgIpc) is 2.35.